The number of pyridine rings is 1. The summed E-state index contributed by atoms with van der Waals surface area (Å²) in [5, 5.41) is 27.3. The van der Waals surface area contributed by atoms with Gasteiger partial charge in [-0.25, -0.2) is 4.52 Å². The summed E-state index contributed by atoms with van der Waals surface area (Å²) in [5.41, 5.74) is 3.73. The molecule has 34 heavy (non-hydrogen) atoms. The zero-order valence-corrected chi connectivity index (χ0v) is 19.8. The van der Waals surface area contributed by atoms with Crippen molar-refractivity contribution in [2.45, 2.75) is 29.1 Å². The first-order valence-electron chi connectivity index (χ1n) is 10.8. The number of amides is 1. The number of hydrogen-bond donors (Lipinski definition) is 0. The van der Waals surface area contributed by atoms with Gasteiger partial charge in [0.15, 0.2) is 0 Å². The second-order valence-electron chi connectivity index (χ2n) is 7.94. The van der Waals surface area contributed by atoms with E-state index in [9.17, 15) is 15.3 Å². The molecule has 0 N–H and O–H groups in total. The van der Waals surface area contributed by atoms with Crippen LogP contribution in [0.5, 0.6) is 0 Å². The third-order valence-corrected chi connectivity index (χ3v) is 6.63. The molecule has 4 heterocycles. The lowest BCUT2D eigenvalue weighted by Gasteiger charge is -2.21. The first-order chi connectivity index (χ1) is 16.5. The standard InChI is InChI=1S/C19H12N6S.C6H11NO/c1-24-11-16(10-22-24)14-6-18(19-15(8-21)9-23-25(19)12-14)26-17-5-3-2-4-13(17)7-20;1-7-5-3-2-4-6(7)8/h2-6,9-12H,1H3;2-5H2,1H3. The van der Waals surface area contributed by atoms with Gasteiger partial charge in [0.1, 0.15) is 12.1 Å². The van der Waals surface area contributed by atoms with E-state index in [4.69, 9.17) is 0 Å². The van der Waals surface area contributed by atoms with Crippen LogP contribution in [-0.4, -0.2) is 43.8 Å². The van der Waals surface area contributed by atoms with E-state index in [0.717, 1.165) is 45.8 Å². The molecule has 0 unspecified atom stereocenters. The fraction of sp³-hybridized carbons (Fsp3) is 0.240. The van der Waals surface area contributed by atoms with Gasteiger partial charge in [0.05, 0.1) is 29.0 Å². The molecule has 4 aromatic rings. The normalized spacial score (nSPS) is 13.2. The number of carbonyl (C=O) groups is 1. The maximum absolute atomic E-state index is 10.7. The van der Waals surface area contributed by atoms with Gasteiger partial charge in [0.25, 0.3) is 0 Å². The number of fused-ring (bicyclic) bond motifs is 1. The van der Waals surface area contributed by atoms with E-state index in [2.05, 4.69) is 22.3 Å². The van der Waals surface area contributed by atoms with E-state index in [-0.39, 0.29) is 0 Å². The Labute approximate surface area is 202 Å². The minimum atomic E-state index is 0.302. The number of hydrogen-bond acceptors (Lipinski definition) is 6. The Morgan fingerprint density at radius 3 is 2.38 bits per heavy atom. The lowest BCUT2D eigenvalue weighted by atomic mass is 10.1. The molecule has 1 saturated heterocycles. The van der Waals surface area contributed by atoms with Crippen LogP contribution in [0, 0.1) is 22.7 Å². The zero-order valence-electron chi connectivity index (χ0n) is 19.0. The third kappa shape index (κ3) is 4.95. The molecular formula is C25H23N7OS. The van der Waals surface area contributed by atoms with E-state index < -0.39 is 0 Å². The van der Waals surface area contributed by atoms with E-state index in [0.29, 0.717) is 17.0 Å². The monoisotopic (exact) mass is 469 g/mol. The predicted octanol–water partition coefficient (Wildman–Crippen LogP) is 4.26. The van der Waals surface area contributed by atoms with Crippen LogP contribution in [0.1, 0.15) is 30.4 Å². The van der Waals surface area contributed by atoms with Crippen molar-refractivity contribution in [3.05, 3.63) is 66.2 Å². The molecule has 170 valence electrons. The summed E-state index contributed by atoms with van der Waals surface area (Å²) in [7, 11) is 3.73. The number of aryl methyl sites for hydroxylation is 1. The SMILES string of the molecule is CN1CCCCC1=O.Cn1cc(-c2cc(Sc3ccccc3C#N)c3c(C#N)cnn3c2)cn1. The van der Waals surface area contributed by atoms with Crippen molar-refractivity contribution in [3.8, 4) is 23.3 Å². The zero-order chi connectivity index (χ0) is 24.1. The van der Waals surface area contributed by atoms with Gasteiger partial charge in [-0.3, -0.25) is 9.48 Å². The molecule has 1 aliphatic heterocycles. The minimum Gasteiger partial charge on any atom is -0.346 e. The van der Waals surface area contributed by atoms with Gasteiger partial charge in [-0.05, 0) is 31.0 Å². The molecule has 1 aliphatic rings. The summed E-state index contributed by atoms with van der Waals surface area (Å²) in [6.07, 6.45) is 10.2. The van der Waals surface area contributed by atoms with Gasteiger partial charge in [-0.2, -0.15) is 20.7 Å². The summed E-state index contributed by atoms with van der Waals surface area (Å²) < 4.78 is 3.44. The Bertz CT molecular complexity index is 1420. The number of benzene rings is 1. The summed E-state index contributed by atoms with van der Waals surface area (Å²) >= 11 is 1.46. The molecule has 9 heteroatoms. The van der Waals surface area contributed by atoms with Crippen molar-refractivity contribution in [2.75, 3.05) is 13.6 Å². The number of likely N-dealkylation sites (tertiary alicyclic amines) is 1. The lowest BCUT2D eigenvalue weighted by molar-refractivity contribution is -0.131. The highest BCUT2D eigenvalue weighted by molar-refractivity contribution is 7.99. The Balaban J connectivity index is 0.000000291. The maximum atomic E-state index is 10.7. The largest absolute Gasteiger partial charge is 0.346 e. The third-order valence-electron chi connectivity index (χ3n) is 5.52. The summed E-state index contributed by atoms with van der Waals surface area (Å²) in [5.74, 6) is 0.302. The van der Waals surface area contributed by atoms with Crippen molar-refractivity contribution >= 4 is 23.2 Å². The van der Waals surface area contributed by atoms with E-state index in [1.807, 2.05) is 50.8 Å². The Morgan fingerprint density at radius 1 is 0.941 bits per heavy atom. The Kier molecular flexibility index (Phi) is 6.95. The number of nitriles is 2. The number of rotatable bonds is 3. The van der Waals surface area contributed by atoms with Crippen LogP contribution in [0.2, 0.25) is 0 Å². The van der Waals surface area contributed by atoms with Crippen LogP contribution in [0.25, 0.3) is 16.6 Å². The van der Waals surface area contributed by atoms with Gasteiger partial charge in [-0.15, -0.1) is 0 Å². The molecule has 1 aromatic carbocycles. The molecule has 3 aromatic heterocycles. The molecule has 8 nitrogen and oxygen atoms in total. The van der Waals surface area contributed by atoms with Crippen molar-refractivity contribution in [2.24, 2.45) is 7.05 Å². The van der Waals surface area contributed by atoms with Gasteiger partial charge in [-0.1, -0.05) is 23.9 Å². The van der Waals surface area contributed by atoms with Crippen molar-refractivity contribution in [3.63, 3.8) is 0 Å². The van der Waals surface area contributed by atoms with Crippen LogP contribution in [0.4, 0.5) is 0 Å². The first-order valence-corrected chi connectivity index (χ1v) is 11.6. The van der Waals surface area contributed by atoms with Crippen LogP contribution in [0.15, 0.2) is 64.9 Å². The van der Waals surface area contributed by atoms with Gasteiger partial charge < -0.3 is 4.90 Å². The highest BCUT2D eigenvalue weighted by atomic mass is 32.2. The molecule has 1 amide bonds. The van der Waals surface area contributed by atoms with Crippen molar-refractivity contribution in [1.29, 1.82) is 10.5 Å². The molecular weight excluding hydrogens is 446 g/mol. The lowest BCUT2D eigenvalue weighted by Crippen LogP contribution is -2.31. The Hall–Kier alpha value is -4.08. The fourth-order valence-corrected chi connectivity index (χ4v) is 4.77. The average molecular weight is 470 g/mol. The van der Waals surface area contributed by atoms with Crippen molar-refractivity contribution < 1.29 is 4.79 Å². The number of carbonyl (C=O) groups excluding carboxylic acids is 1. The van der Waals surface area contributed by atoms with Crippen LogP contribution in [0.3, 0.4) is 0 Å². The van der Waals surface area contributed by atoms with Gasteiger partial charge in [0, 0.05) is 60.4 Å². The van der Waals surface area contributed by atoms with Crippen LogP contribution < -0.4 is 0 Å². The highest BCUT2D eigenvalue weighted by Crippen LogP contribution is 2.36. The number of aromatic nitrogens is 4. The molecule has 0 aliphatic carbocycles. The van der Waals surface area contributed by atoms with Crippen LogP contribution >= 0.6 is 11.8 Å². The quantitative estimate of drug-likeness (QED) is 0.444. The second kappa shape index (κ2) is 10.2. The smallest absolute Gasteiger partial charge is 0.222 e. The molecule has 0 spiro atoms. The molecule has 0 saturated carbocycles. The van der Waals surface area contributed by atoms with E-state index in [1.54, 1.807) is 32.6 Å². The summed E-state index contributed by atoms with van der Waals surface area (Å²) in [6.45, 7) is 0.957. The highest BCUT2D eigenvalue weighted by Gasteiger charge is 2.15. The van der Waals surface area contributed by atoms with Crippen LogP contribution in [-0.2, 0) is 11.8 Å². The first kappa shape index (κ1) is 23.1. The predicted molar refractivity (Wildman–Crippen MR) is 129 cm³/mol. The topological polar surface area (TPSA) is 103 Å². The molecule has 0 atom stereocenters. The average Bonchev–Trinajstić information content (AvgIpc) is 3.48. The van der Waals surface area contributed by atoms with Crippen molar-refractivity contribution in [1.82, 2.24) is 24.3 Å². The molecule has 1 fully saturated rings. The number of piperidine rings is 1. The fourth-order valence-electron chi connectivity index (χ4n) is 3.68. The Morgan fingerprint density at radius 2 is 1.74 bits per heavy atom. The molecule has 5 rings (SSSR count). The number of nitrogens with zero attached hydrogens (tertiary/aromatic N) is 7. The van der Waals surface area contributed by atoms with E-state index in [1.165, 1.54) is 18.2 Å². The summed E-state index contributed by atoms with van der Waals surface area (Å²) in [4.78, 5) is 14.2. The minimum absolute atomic E-state index is 0.302. The maximum Gasteiger partial charge on any atom is 0.222 e. The van der Waals surface area contributed by atoms with Gasteiger partial charge in [0.2, 0.25) is 5.91 Å². The summed E-state index contributed by atoms with van der Waals surface area (Å²) in [6, 6.07) is 13.8. The van der Waals surface area contributed by atoms with E-state index >= 15 is 0 Å². The molecule has 0 bridgehead atoms. The molecule has 0 radical (unpaired) electrons. The second-order valence-corrected chi connectivity index (χ2v) is 9.03. The van der Waals surface area contributed by atoms with Gasteiger partial charge >= 0.3 is 0 Å².